The third-order valence-corrected chi connectivity index (χ3v) is 4.97. The number of hydrogen-bond acceptors (Lipinski definition) is 1. The molecule has 96 valence electrons. The molecule has 0 radical (unpaired) electrons. The van der Waals surface area contributed by atoms with Crippen molar-refractivity contribution in [3.63, 3.8) is 0 Å². The minimum atomic E-state index is 0.313. The Balaban J connectivity index is 2.26. The zero-order valence-corrected chi connectivity index (χ0v) is 11.8. The average Bonchev–Trinajstić information content (AvgIpc) is 2.28. The largest absolute Gasteiger partial charge is 0.299 e. The highest BCUT2D eigenvalue weighted by molar-refractivity contribution is 5.81. The zero-order valence-electron chi connectivity index (χ0n) is 11.8. The van der Waals surface area contributed by atoms with Crippen molar-refractivity contribution in [1.82, 2.24) is 0 Å². The minimum absolute atomic E-state index is 0.313. The Hall–Kier alpha value is -0.590. The van der Waals surface area contributed by atoms with Gasteiger partial charge in [-0.2, -0.15) is 0 Å². The van der Waals surface area contributed by atoms with E-state index in [0.29, 0.717) is 29.5 Å². The van der Waals surface area contributed by atoms with Gasteiger partial charge in [0.15, 0.2) is 0 Å². The Labute approximate surface area is 106 Å². The molecule has 2 atom stereocenters. The van der Waals surface area contributed by atoms with Gasteiger partial charge in [-0.3, -0.25) is 4.79 Å². The number of hydrogen-bond donors (Lipinski definition) is 0. The lowest BCUT2D eigenvalue weighted by atomic mass is 9.62. The maximum Gasteiger partial charge on any atom is 0.136 e. The van der Waals surface area contributed by atoms with E-state index >= 15 is 0 Å². The molecule has 0 saturated heterocycles. The first kappa shape index (κ1) is 12.9. The topological polar surface area (TPSA) is 17.1 Å². The highest BCUT2D eigenvalue weighted by Gasteiger charge is 2.38. The van der Waals surface area contributed by atoms with Crippen molar-refractivity contribution < 1.29 is 4.79 Å². The number of Topliss-reactive ketones (excluding diaryl/α,β-unsaturated/α-hetero) is 1. The Kier molecular flexibility index (Phi) is 3.47. The zero-order chi connectivity index (χ0) is 12.6. The lowest BCUT2D eigenvalue weighted by Crippen LogP contribution is -2.32. The predicted octanol–water partition coefficient (Wildman–Crippen LogP) is 4.52. The molecule has 0 aromatic heterocycles. The van der Waals surface area contributed by atoms with E-state index in [9.17, 15) is 4.79 Å². The molecule has 0 bridgehead atoms. The Bertz CT molecular complexity index is 349. The van der Waals surface area contributed by atoms with Crippen LogP contribution in [0.5, 0.6) is 0 Å². The summed E-state index contributed by atoms with van der Waals surface area (Å²) in [5.74, 6) is 1.35. The lowest BCUT2D eigenvalue weighted by Gasteiger charge is -2.42. The summed E-state index contributed by atoms with van der Waals surface area (Å²) in [5, 5.41) is 0. The fourth-order valence-electron chi connectivity index (χ4n) is 3.79. The molecule has 2 aliphatic rings. The normalized spacial score (nSPS) is 32.2. The molecule has 1 nitrogen and oxygen atoms in total. The summed E-state index contributed by atoms with van der Waals surface area (Å²) >= 11 is 0. The second-order valence-electron chi connectivity index (χ2n) is 6.63. The van der Waals surface area contributed by atoms with Crippen LogP contribution in [0.25, 0.3) is 0 Å². The van der Waals surface area contributed by atoms with Crippen LogP contribution in [0.15, 0.2) is 11.1 Å². The molecule has 2 aliphatic carbocycles. The first-order valence-electron chi connectivity index (χ1n) is 7.19. The maximum absolute atomic E-state index is 12.0. The second kappa shape index (κ2) is 4.59. The van der Waals surface area contributed by atoms with Crippen molar-refractivity contribution in [2.45, 2.75) is 66.2 Å². The van der Waals surface area contributed by atoms with Crippen LogP contribution in [0.4, 0.5) is 0 Å². The van der Waals surface area contributed by atoms with Gasteiger partial charge >= 0.3 is 0 Å². The smallest absolute Gasteiger partial charge is 0.136 e. The van der Waals surface area contributed by atoms with Gasteiger partial charge in [-0.05, 0) is 43.4 Å². The van der Waals surface area contributed by atoms with Crippen molar-refractivity contribution in [3.8, 4) is 0 Å². The maximum atomic E-state index is 12.0. The molecule has 0 N–H and O–H groups in total. The van der Waals surface area contributed by atoms with E-state index in [0.717, 1.165) is 6.42 Å². The van der Waals surface area contributed by atoms with E-state index in [4.69, 9.17) is 0 Å². The van der Waals surface area contributed by atoms with Crippen molar-refractivity contribution in [2.75, 3.05) is 0 Å². The van der Waals surface area contributed by atoms with Gasteiger partial charge in [0.05, 0.1) is 0 Å². The predicted molar refractivity (Wildman–Crippen MR) is 71.8 cm³/mol. The fraction of sp³-hybridized carbons (Fsp3) is 0.812. The van der Waals surface area contributed by atoms with Crippen LogP contribution >= 0.6 is 0 Å². The molecule has 1 heteroatoms. The van der Waals surface area contributed by atoms with Gasteiger partial charge < -0.3 is 0 Å². The number of rotatable bonds is 2. The molecule has 0 heterocycles. The molecule has 0 amide bonds. The number of allylic oxidation sites excluding steroid dienone is 2. The van der Waals surface area contributed by atoms with Gasteiger partial charge in [-0.1, -0.05) is 38.8 Å². The summed E-state index contributed by atoms with van der Waals surface area (Å²) < 4.78 is 0. The van der Waals surface area contributed by atoms with E-state index in [-0.39, 0.29) is 0 Å². The van der Waals surface area contributed by atoms with Crippen LogP contribution < -0.4 is 0 Å². The molecule has 2 unspecified atom stereocenters. The van der Waals surface area contributed by atoms with E-state index in [1.54, 1.807) is 11.1 Å². The van der Waals surface area contributed by atoms with Crippen molar-refractivity contribution in [1.29, 1.82) is 0 Å². The molecule has 0 aliphatic heterocycles. The molecule has 0 aromatic rings. The van der Waals surface area contributed by atoms with Crippen molar-refractivity contribution in [2.24, 2.45) is 17.3 Å². The van der Waals surface area contributed by atoms with Crippen LogP contribution in [0.1, 0.15) is 66.2 Å². The third-order valence-electron chi connectivity index (χ3n) is 4.97. The van der Waals surface area contributed by atoms with Crippen LogP contribution in [0.2, 0.25) is 0 Å². The molecular weight excluding hydrogens is 208 g/mol. The van der Waals surface area contributed by atoms with Gasteiger partial charge in [-0.25, -0.2) is 0 Å². The quantitative estimate of drug-likeness (QED) is 0.642. The highest BCUT2D eigenvalue weighted by Crippen LogP contribution is 2.49. The Morgan fingerprint density at radius 1 is 1.35 bits per heavy atom. The van der Waals surface area contributed by atoms with Gasteiger partial charge in [0, 0.05) is 12.3 Å². The Morgan fingerprint density at radius 3 is 2.71 bits per heavy atom. The second-order valence-corrected chi connectivity index (χ2v) is 6.63. The first-order valence-corrected chi connectivity index (χ1v) is 7.19. The van der Waals surface area contributed by atoms with Gasteiger partial charge in [0.1, 0.15) is 5.78 Å². The van der Waals surface area contributed by atoms with Gasteiger partial charge in [0.25, 0.3) is 0 Å². The highest BCUT2D eigenvalue weighted by atomic mass is 16.1. The molecular formula is C16H26O. The standard InChI is InChI=1S/C16H26O/c1-5-15(17)13-10-12-7-6-8-16(3,4)14(12)9-11(13)2/h11,13H,5-10H2,1-4H3. The van der Waals surface area contributed by atoms with E-state index in [2.05, 4.69) is 20.8 Å². The fourth-order valence-corrected chi connectivity index (χ4v) is 3.79. The van der Waals surface area contributed by atoms with Crippen LogP contribution in [0.3, 0.4) is 0 Å². The van der Waals surface area contributed by atoms with Crippen LogP contribution in [0, 0.1) is 17.3 Å². The molecule has 0 spiro atoms. The summed E-state index contributed by atoms with van der Waals surface area (Å²) in [6, 6.07) is 0. The molecule has 0 fully saturated rings. The third kappa shape index (κ3) is 2.34. The average molecular weight is 234 g/mol. The van der Waals surface area contributed by atoms with Gasteiger partial charge in [-0.15, -0.1) is 0 Å². The van der Waals surface area contributed by atoms with E-state index in [1.807, 2.05) is 6.92 Å². The number of carbonyl (C=O) groups excluding carboxylic acids is 1. The molecule has 2 rings (SSSR count). The van der Waals surface area contributed by atoms with E-state index in [1.165, 1.54) is 25.7 Å². The van der Waals surface area contributed by atoms with Crippen molar-refractivity contribution in [3.05, 3.63) is 11.1 Å². The van der Waals surface area contributed by atoms with Crippen LogP contribution in [-0.2, 0) is 4.79 Å². The number of ketones is 1. The summed E-state index contributed by atoms with van der Waals surface area (Å²) in [6.45, 7) is 9.04. The summed E-state index contributed by atoms with van der Waals surface area (Å²) in [6.07, 6.45) is 6.82. The van der Waals surface area contributed by atoms with Crippen LogP contribution in [-0.4, -0.2) is 5.78 Å². The summed E-state index contributed by atoms with van der Waals surface area (Å²) in [7, 11) is 0. The lowest BCUT2D eigenvalue weighted by molar-refractivity contribution is -0.124. The Morgan fingerprint density at radius 2 is 2.06 bits per heavy atom. The minimum Gasteiger partial charge on any atom is -0.299 e. The SMILES string of the molecule is CCC(=O)C1CC2=C(CC1C)C(C)(C)CCC2. The molecule has 0 saturated carbocycles. The number of carbonyl (C=O) groups is 1. The van der Waals surface area contributed by atoms with Crippen molar-refractivity contribution >= 4 is 5.78 Å². The van der Waals surface area contributed by atoms with E-state index < -0.39 is 0 Å². The molecule has 17 heavy (non-hydrogen) atoms. The summed E-state index contributed by atoms with van der Waals surface area (Å²) in [5.41, 5.74) is 3.71. The van der Waals surface area contributed by atoms with Gasteiger partial charge in [0.2, 0.25) is 0 Å². The first-order chi connectivity index (χ1) is 7.95. The molecule has 0 aromatic carbocycles. The monoisotopic (exact) mass is 234 g/mol. The summed E-state index contributed by atoms with van der Waals surface area (Å²) in [4.78, 5) is 12.0.